The predicted octanol–water partition coefficient (Wildman–Crippen LogP) is 3.38. The highest BCUT2D eigenvalue weighted by molar-refractivity contribution is 5.94. The number of amides is 1. The van der Waals surface area contributed by atoms with Crippen LogP contribution in [-0.4, -0.2) is 20.5 Å². The van der Waals surface area contributed by atoms with Crippen molar-refractivity contribution in [3.63, 3.8) is 0 Å². The second-order valence-corrected chi connectivity index (χ2v) is 6.49. The maximum absolute atomic E-state index is 12.3. The van der Waals surface area contributed by atoms with Crippen molar-refractivity contribution in [2.75, 3.05) is 0 Å². The molecule has 1 amide bonds. The zero-order valence-electron chi connectivity index (χ0n) is 15.3. The molecule has 6 heteroatoms. The molecule has 28 heavy (non-hydrogen) atoms. The van der Waals surface area contributed by atoms with Gasteiger partial charge < -0.3 is 10.1 Å². The topological polar surface area (TPSA) is 68.5 Å². The monoisotopic (exact) mass is 372 g/mol. The summed E-state index contributed by atoms with van der Waals surface area (Å²) < 4.78 is 7.47. The summed E-state index contributed by atoms with van der Waals surface area (Å²) in [6, 6.07) is 21.7. The van der Waals surface area contributed by atoms with Gasteiger partial charge in [-0.2, -0.15) is 0 Å². The molecule has 0 unspecified atom stereocenters. The van der Waals surface area contributed by atoms with Crippen LogP contribution in [0, 0.1) is 0 Å². The van der Waals surface area contributed by atoms with Gasteiger partial charge in [-0.1, -0.05) is 54.6 Å². The van der Waals surface area contributed by atoms with Gasteiger partial charge in [-0.3, -0.25) is 9.20 Å². The molecule has 140 valence electrons. The molecule has 6 nitrogen and oxygen atoms in total. The first kappa shape index (κ1) is 17.9. The molecule has 0 radical (unpaired) electrons. The van der Waals surface area contributed by atoms with Crippen molar-refractivity contribution < 1.29 is 9.53 Å². The Balaban J connectivity index is 1.27. The van der Waals surface area contributed by atoms with Gasteiger partial charge in [-0.05, 0) is 28.8 Å². The molecule has 0 atom stereocenters. The third-order valence-corrected chi connectivity index (χ3v) is 4.41. The van der Waals surface area contributed by atoms with Crippen LogP contribution in [0.3, 0.4) is 0 Å². The van der Waals surface area contributed by atoms with Crippen LogP contribution >= 0.6 is 0 Å². The van der Waals surface area contributed by atoms with Gasteiger partial charge in [0.2, 0.25) is 0 Å². The lowest BCUT2D eigenvalue weighted by atomic mass is 10.1. The van der Waals surface area contributed by atoms with E-state index in [9.17, 15) is 4.79 Å². The number of ether oxygens (including phenoxy) is 1. The number of benzene rings is 2. The van der Waals surface area contributed by atoms with E-state index in [1.54, 1.807) is 29.1 Å². The van der Waals surface area contributed by atoms with Gasteiger partial charge in [0.25, 0.3) is 5.91 Å². The number of rotatable bonds is 7. The molecule has 0 bridgehead atoms. The fourth-order valence-electron chi connectivity index (χ4n) is 2.86. The molecule has 0 aliphatic rings. The predicted molar refractivity (Wildman–Crippen MR) is 106 cm³/mol. The van der Waals surface area contributed by atoms with Crippen LogP contribution in [0.4, 0.5) is 0 Å². The summed E-state index contributed by atoms with van der Waals surface area (Å²) in [7, 11) is 0. The highest BCUT2D eigenvalue weighted by Crippen LogP contribution is 2.09. The van der Waals surface area contributed by atoms with Crippen molar-refractivity contribution in [2.45, 2.75) is 19.8 Å². The Morgan fingerprint density at radius 1 is 0.893 bits per heavy atom. The third-order valence-electron chi connectivity index (χ3n) is 4.41. The van der Waals surface area contributed by atoms with Crippen molar-refractivity contribution in [3.05, 3.63) is 102 Å². The fraction of sp³-hybridized carbons (Fsp3) is 0.136. The van der Waals surface area contributed by atoms with E-state index in [0.717, 1.165) is 16.7 Å². The van der Waals surface area contributed by atoms with Crippen LogP contribution in [-0.2, 0) is 24.5 Å². The van der Waals surface area contributed by atoms with Gasteiger partial charge in [-0.25, -0.2) is 0 Å². The first-order valence-corrected chi connectivity index (χ1v) is 9.05. The van der Waals surface area contributed by atoms with Gasteiger partial charge in [0.05, 0.1) is 18.8 Å². The highest BCUT2D eigenvalue weighted by atomic mass is 16.5. The molecule has 4 aromatic rings. The number of carbonyl (C=O) groups excluding carboxylic acids is 1. The number of nitrogens with one attached hydrogen (secondary N) is 1. The minimum absolute atomic E-state index is 0.133. The molecule has 0 fully saturated rings. The normalized spacial score (nSPS) is 10.9. The first-order valence-electron chi connectivity index (χ1n) is 9.05. The minimum Gasteiger partial charge on any atom is -0.372 e. The highest BCUT2D eigenvalue weighted by Gasteiger charge is 2.07. The van der Waals surface area contributed by atoms with E-state index in [0.29, 0.717) is 31.0 Å². The zero-order chi connectivity index (χ0) is 19.2. The Labute approximate surface area is 162 Å². The van der Waals surface area contributed by atoms with E-state index in [-0.39, 0.29) is 5.91 Å². The van der Waals surface area contributed by atoms with Crippen molar-refractivity contribution in [1.82, 2.24) is 19.9 Å². The van der Waals surface area contributed by atoms with Crippen molar-refractivity contribution >= 4 is 11.6 Å². The summed E-state index contributed by atoms with van der Waals surface area (Å²) in [6.45, 7) is 1.61. The molecule has 1 N–H and O–H groups in total. The van der Waals surface area contributed by atoms with Gasteiger partial charge in [0.1, 0.15) is 6.33 Å². The van der Waals surface area contributed by atoms with Gasteiger partial charge in [-0.15, -0.1) is 10.2 Å². The molecular formula is C22H20N4O2. The standard InChI is InChI=1S/C22H20N4O2/c27-22(20-10-11-21-25-24-16-26(21)13-20)23-12-17-6-8-19(9-7-17)15-28-14-18-4-2-1-3-5-18/h1-11,13,16H,12,14-15H2,(H,23,27). The smallest absolute Gasteiger partial charge is 0.253 e. The minimum atomic E-state index is -0.133. The molecule has 0 aliphatic carbocycles. The molecular weight excluding hydrogens is 352 g/mol. The van der Waals surface area contributed by atoms with Crippen LogP contribution in [0.2, 0.25) is 0 Å². The van der Waals surface area contributed by atoms with Crippen LogP contribution < -0.4 is 5.32 Å². The lowest BCUT2D eigenvalue weighted by molar-refractivity contribution is 0.0950. The maximum Gasteiger partial charge on any atom is 0.253 e. The Hall–Kier alpha value is -3.51. The second-order valence-electron chi connectivity index (χ2n) is 6.49. The molecule has 2 aromatic carbocycles. The van der Waals surface area contributed by atoms with Crippen molar-refractivity contribution in [2.24, 2.45) is 0 Å². The van der Waals surface area contributed by atoms with Gasteiger partial charge in [0, 0.05) is 12.7 Å². The zero-order valence-corrected chi connectivity index (χ0v) is 15.3. The summed E-state index contributed by atoms with van der Waals surface area (Å²) in [5.74, 6) is -0.133. The number of pyridine rings is 1. The van der Waals surface area contributed by atoms with Crippen molar-refractivity contribution in [3.8, 4) is 0 Å². The van der Waals surface area contributed by atoms with Crippen molar-refractivity contribution in [1.29, 1.82) is 0 Å². The number of hydrogen-bond donors (Lipinski definition) is 1. The summed E-state index contributed by atoms with van der Waals surface area (Å²) in [5.41, 5.74) is 4.57. The number of aromatic nitrogens is 3. The van der Waals surface area contributed by atoms with E-state index in [1.165, 1.54) is 0 Å². The van der Waals surface area contributed by atoms with Crippen LogP contribution in [0.15, 0.2) is 79.3 Å². The van der Waals surface area contributed by atoms with E-state index in [2.05, 4.69) is 15.5 Å². The summed E-state index contributed by atoms with van der Waals surface area (Å²) in [5, 5.41) is 10.7. The fourth-order valence-corrected chi connectivity index (χ4v) is 2.86. The first-order chi connectivity index (χ1) is 13.8. The average Bonchev–Trinajstić information content (AvgIpc) is 3.21. The molecule has 0 aliphatic heterocycles. The van der Waals surface area contributed by atoms with E-state index >= 15 is 0 Å². The number of fused-ring (bicyclic) bond motifs is 1. The van der Waals surface area contributed by atoms with E-state index < -0.39 is 0 Å². The quantitative estimate of drug-likeness (QED) is 0.540. The molecule has 2 heterocycles. The number of carbonyl (C=O) groups is 1. The molecule has 2 aromatic heterocycles. The van der Waals surface area contributed by atoms with Gasteiger partial charge >= 0.3 is 0 Å². The largest absolute Gasteiger partial charge is 0.372 e. The summed E-state index contributed by atoms with van der Waals surface area (Å²) >= 11 is 0. The average molecular weight is 372 g/mol. The van der Waals surface area contributed by atoms with E-state index in [1.807, 2.05) is 54.6 Å². The maximum atomic E-state index is 12.3. The summed E-state index contributed by atoms with van der Waals surface area (Å²) in [6.07, 6.45) is 3.29. The Bertz CT molecular complexity index is 1060. The van der Waals surface area contributed by atoms with Crippen LogP contribution in [0.1, 0.15) is 27.0 Å². The lowest BCUT2D eigenvalue weighted by Crippen LogP contribution is -2.23. The molecule has 0 saturated heterocycles. The number of nitrogens with zero attached hydrogens (tertiary/aromatic N) is 3. The molecule has 0 saturated carbocycles. The second kappa shape index (κ2) is 8.45. The number of hydrogen-bond acceptors (Lipinski definition) is 4. The lowest BCUT2D eigenvalue weighted by Gasteiger charge is -2.08. The van der Waals surface area contributed by atoms with Gasteiger partial charge in [0.15, 0.2) is 5.65 Å². The van der Waals surface area contributed by atoms with Crippen LogP contribution in [0.25, 0.3) is 5.65 Å². The SMILES string of the molecule is O=C(NCc1ccc(COCc2ccccc2)cc1)c1ccc2nncn2c1. The van der Waals surface area contributed by atoms with Crippen LogP contribution in [0.5, 0.6) is 0 Å². The third kappa shape index (κ3) is 4.42. The Kier molecular flexibility index (Phi) is 5.40. The molecule has 4 rings (SSSR count). The Morgan fingerprint density at radius 3 is 2.39 bits per heavy atom. The van der Waals surface area contributed by atoms with E-state index in [4.69, 9.17) is 4.74 Å². The molecule has 0 spiro atoms. The summed E-state index contributed by atoms with van der Waals surface area (Å²) in [4.78, 5) is 12.3. The Morgan fingerprint density at radius 2 is 1.61 bits per heavy atom.